The average molecular weight is 441 g/mol. The van der Waals surface area contributed by atoms with E-state index in [2.05, 4.69) is 17.2 Å². The minimum atomic E-state index is -0.0903. The number of unbranched alkanes of at least 4 members (excludes halogenated alkanes) is 1. The zero-order valence-electron chi connectivity index (χ0n) is 18.9. The van der Waals surface area contributed by atoms with E-state index >= 15 is 0 Å². The monoisotopic (exact) mass is 440 g/mol. The van der Waals surface area contributed by atoms with E-state index in [1.54, 1.807) is 13.4 Å². The number of benzene rings is 1. The number of piperidine rings is 1. The molecule has 32 heavy (non-hydrogen) atoms. The third-order valence-corrected chi connectivity index (χ3v) is 6.40. The van der Waals surface area contributed by atoms with Crippen molar-refractivity contribution < 1.29 is 19.1 Å². The summed E-state index contributed by atoms with van der Waals surface area (Å²) < 4.78 is 13.3. The highest BCUT2D eigenvalue weighted by Gasteiger charge is 2.32. The number of imidazole rings is 1. The van der Waals surface area contributed by atoms with Crippen molar-refractivity contribution in [3.05, 3.63) is 47.5 Å². The molecule has 0 radical (unpaired) electrons. The van der Waals surface area contributed by atoms with Gasteiger partial charge in [-0.1, -0.05) is 25.5 Å². The summed E-state index contributed by atoms with van der Waals surface area (Å²) in [5.41, 5.74) is 2.35. The SMILES string of the molecule is CCCCNC(=O)C1CCN(C(=O)c2ncn3c2COC(c2ccc(OC)cc2)C3)CC1. The molecule has 2 amide bonds. The van der Waals surface area contributed by atoms with Crippen molar-refractivity contribution >= 4 is 11.8 Å². The van der Waals surface area contributed by atoms with Crippen LogP contribution in [0.3, 0.4) is 0 Å². The number of nitrogens with zero attached hydrogens (tertiary/aromatic N) is 3. The van der Waals surface area contributed by atoms with E-state index in [0.717, 1.165) is 36.4 Å². The molecule has 3 heterocycles. The molecule has 0 aliphatic carbocycles. The first-order valence-electron chi connectivity index (χ1n) is 11.5. The summed E-state index contributed by atoms with van der Waals surface area (Å²) in [6.07, 6.45) is 5.08. The number of carbonyl (C=O) groups excluding carboxylic acids is 2. The van der Waals surface area contributed by atoms with Gasteiger partial charge >= 0.3 is 0 Å². The Labute approximate surface area is 188 Å². The van der Waals surface area contributed by atoms with Crippen LogP contribution in [-0.2, 0) is 22.7 Å². The molecule has 0 bridgehead atoms. The number of nitrogens with one attached hydrogen (secondary N) is 1. The van der Waals surface area contributed by atoms with Crippen molar-refractivity contribution in [3.8, 4) is 5.75 Å². The number of likely N-dealkylation sites (tertiary alicyclic amines) is 1. The van der Waals surface area contributed by atoms with Gasteiger partial charge in [0.05, 0.1) is 32.3 Å². The van der Waals surface area contributed by atoms with Gasteiger partial charge in [0, 0.05) is 25.6 Å². The Bertz CT molecular complexity index is 932. The van der Waals surface area contributed by atoms with Gasteiger partial charge in [-0.25, -0.2) is 4.98 Å². The van der Waals surface area contributed by atoms with E-state index in [1.807, 2.05) is 33.7 Å². The van der Waals surface area contributed by atoms with Gasteiger partial charge in [0.25, 0.3) is 5.91 Å². The van der Waals surface area contributed by atoms with E-state index in [9.17, 15) is 9.59 Å². The quantitative estimate of drug-likeness (QED) is 0.669. The van der Waals surface area contributed by atoms with Crippen LogP contribution in [0.2, 0.25) is 0 Å². The average Bonchev–Trinajstić information content (AvgIpc) is 3.27. The Morgan fingerprint density at radius 2 is 1.97 bits per heavy atom. The lowest BCUT2D eigenvalue weighted by Gasteiger charge is -2.31. The largest absolute Gasteiger partial charge is 0.497 e. The highest BCUT2D eigenvalue weighted by molar-refractivity contribution is 5.93. The van der Waals surface area contributed by atoms with Gasteiger partial charge in [-0.3, -0.25) is 9.59 Å². The van der Waals surface area contributed by atoms with Crippen molar-refractivity contribution in [1.82, 2.24) is 19.8 Å². The molecule has 0 spiro atoms. The number of rotatable bonds is 7. The van der Waals surface area contributed by atoms with Crippen LogP contribution < -0.4 is 10.1 Å². The van der Waals surface area contributed by atoms with Gasteiger partial charge in [0.1, 0.15) is 11.9 Å². The lowest BCUT2D eigenvalue weighted by Crippen LogP contribution is -2.43. The second-order valence-corrected chi connectivity index (χ2v) is 8.48. The molecule has 1 saturated heterocycles. The first-order chi connectivity index (χ1) is 15.6. The highest BCUT2D eigenvalue weighted by Crippen LogP contribution is 2.29. The normalized spacial score (nSPS) is 18.8. The van der Waals surface area contributed by atoms with Gasteiger partial charge in [0.2, 0.25) is 5.91 Å². The van der Waals surface area contributed by atoms with E-state index in [0.29, 0.717) is 44.8 Å². The minimum Gasteiger partial charge on any atom is -0.497 e. The third-order valence-electron chi connectivity index (χ3n) is 6.40. The number of aromatic nitrogens is 2. The van der Waals surface area contributed by atoms with Crippen molar-refractivity contribution in [1.29, 1.82) is 0 Å². The molecule has 0 saturated carbocycles. The Morgan fingerprint density at radius 3 is 2.66 bits per heavy atom. The first kappa shape index (κ1) is 22.3. The van der Waals surface area contributed by atoms with Gasteiger partial charge in [-0.05, 0) is 37.0 Å². The minimum absolute atomic E-state index is 0.0135. The molecule has 2 aliphatic heterocycles. The number of ether oxygens (including phenoxy) is 2. The third kappa shape index (κ3) is 4.80. The molecule has 4 rings (SSSR count). The number of hydrogen-bond donors (Lipinski definition) is 1. The Kier molecular flexibility index (Phi) is 7.09. The van der Waals surface area contributed by atoms with Crippen LogP contribution in [0.5, 0.6) is 5.75 Å². The van der Waals surface area contributed by atoms with E-state index < -0.39 is 0 Å². The maximum Gasteiger partial charge on any atom is 0.274 e. The lowest BCUT2D eigenvalue weighted by atomic mass is 9.95. The fourth-order valence-corrected chi connectivity index (χ4v) is 4.35. The van der Waals surface area contributed by atoms with Crippen LogP contribution in [0.15, 0.2) is 30.6 Å². The summed E-state index contributed by atoms with van der Waals surface area (Å²) in [5.74, 6) is 0.835. The Morgan fingerprint density at radius 1 is 1.22 bits per heavy atom. The molecule has 1 unspecified atom stereocenters. The molecular weight excluding hydrogens is 408 g/mol. The number of methoxy groups -OCH3 is 1. The fourth-order valence-electron chi connectivity index (χ4n) is 4.35. The Hall–Kier alpha value is -2.87. The van der Waals surface area contributed by atoms with Crippen LogP contribution in [0.4, 0.5) is 0 Å². The number of amides is 2. The zero-order valence-corrected chi connectivity index (χ0v) is 18.9. The van der Waals surface area contributed by atoms with E-state index in [4.69, 9.17) is 9.47 Å². The molecule has 1 N–H and O–H groups in total. The van der Waals surface area contributed by atoms with Gasteiger partial charge < -0.3 is 24.3 Å². The van der Waals surface area contributed by atoms with Crippen LogP contribution >= 0.6 is 0 Å². The maximum atomic E-state index is 13.1. The molecule has 8 heteroatoms. The van der Waals surface area contributed by atoms with Crippen molar-refractivity contribution in [2.45, 2.75) is 51.9 Å². The van der Waals surface area contributed by atoms with Gasteiger partial charge in [-0.2, -0.15) is 0 Å². The second-order valence-electron chi connectivity index (χ2n) is 8.48. The molecule has 2 aliphatic rings. The predicted molar refractivity (Wildman–Crippen MR) is 119 cm³/mol. The summed E-state index contributed by atoms with van der Waals surface area (Å²) in [6, 6.07) is 7.84. The molecule has 1 aromatic heterocycles. The topological polar surface area (TPSA) is 85.7 Å². The van der Waals surface area contributed by atoms with Crippen molar-refractivity contribution in [2.24, 2.45) is 5.92 Å². The van der Waals surface area contributed by atoms with Crippen LogP contribution in [-0.4, -0.2) is 53.0 Å². The number of carbonyl (C=O) groups is 2. The standard InChI is InChI=1S/C24H32N4O4/c1-3-4-11-25-23(29)18-9-12-27(13-10-18)24(30)22-20-15-32-21(14-28(20)16-26-22)17-5-7-19(31-2)8-6-17/h5-8,16,18,21H,3-4,9-15H2,1-2H3,(H,25,29). The number of hydrogen-bond acceptors (Lipinski definition) is 5. The molecule has 1 aromatic carbocycles. The van der Waals surface area contributed by atoms with Crippen LogP contribution in [0, 0.1) is 5.92 Å². The smallest absolute Gasteiger partial charge is 0.274 e. The van der Waals surface area contributed by atoms with E-state index in [1.165, 1.54) is 0 Å². The van der Waals surface area contributed by atoms with Gasteiger partial charge in [-0.15, -0.1) is 0 Å². The molecular formula is C24H32N4O4. The lowest BCUT2D eigenvalue weighted by molar-refractivity contribution is -0.126. The summed E-state index contributed by atoms with van der Waals surface area (Å²) in [5, 5.41) is 3.01. The highest BCUT2D eigenvalue weighted by atomic mass is 16.5. The van der Waals surface area contributed by atoms with Crippen LogP contribution in [0.25, 0.3) is 0 Å². The van der Waals surface area contributed by atoms with Gasteiger partial charge in [0.15, 0.2) is 5.69 Å². The molecule has 172 valence electrons. The Balaban J connectivity index is 1.34. The van der Waals surface area contributed by atoms with E-state index in [-0.39, 0.29) is 23.8 Å². The summed E-state index contributed by atoms with van der Waals surface area (Å²) in [4.78, 5) is 31.7. The van der Waals surface area contributed by atoms with Crippen molar-refractivity contribution in [3.63, 3.8) is 0 Å². The van der Waals surface area contributed by atoms with Crippen molar-refractivity contribution in [2.75, 3.05) is 26.7 Å². The summed E-state index contributed by atoms with van der Waals surface area (Å²) >= 11 is 0. The predicted octanol–water partition coefficient (Wildman–Crippen LogP) is 2.93. The summed E-state index contributed by atoms with van der Waals surface area (Å²) in [7, 11) is 1.65. The first-order valence-corrected chi connectivity index (χ1v) is 11.5. The zero-order chi connectivity index (χ0) is 22.5. The molecule has 1 atom stereocenters. The van der Waals surface area contributed by atoms with Crippen LogP contribution in [0.1, 0.15) is 60.5 Å². The second kappa shape index (κ2) is 10.2. The number of fused-ring (bicyclic) bond motifs is 1. The maximum absolute atomic E-state index is 13.1. The molecule has 2 aromatic rings. The fraction of sp³-hybridized carbons (Fsp3) is 0.542. The summed E-state index contributed by atoms with van der Waals surface area (Å²) in [6.45, 7) is 4.94. The molecule has 8 nitrogen and oxygen atoms in total. The molecule has 1 fully saturated rings.